The van der Waals surface area contributed by atoms with E-state index in [0.29, 0.717) is 12.0 Å². The molecule has 2 unspecified atom stereocenters. The van der Waals surface area contributed by atoms with Gasteiger partial charge in [-0.25, -0.2) is 0 Å². The lowest BCUT2D eigenvalue weighted by molar-refractivity contribution is -0.150. The topological polar surface area (TPSA) is 30.5 Å². The molecule has 0 amide bonds. The highest BCUT2D eigenvalue weighted by Gasteiger charge is 2.41. The fourth-order valence-corrected chi connectivity index (χ4v) is 5.18. The highest BCUT2D eigenvalue weighted by molar-refractivity contribution is 9.11. The third kappa shape index (κ3) is 3.12. The molecule has 3 rings (SSSR count). The van der Waals surface area contributed by atoms with Gasteiger partial charge in [0.1, 0.15) is 0 Å². The molecule has 0 aromatic carbocycles. The van der Waals surface area contributed by atoms with Crippen molar-refractivity contribution in [1.82, 2.24) is 5.32 Å². The molecule has 1 aromatic rings. The molecule has 0 radical (unpaired) electrons. The minimum absolute atomic E-state index is 0.0742. The Balaban J connectivity index is 1.74. The van der Waals surface area contributed by atoms with Crippen LogP contribution in [-0.4, -0.2) is 32.5 Å². The fraction of sp³-hybridized carbons (Fsp3) is 0.733. The minimum atomic E-state index is 0.0742. The lowest BCUT2D eigenvalue weighted by Crippen LogP contribution is -2.46. The number of ether oxygens (including phenoxy) is 2. The van der Waals surface area contributed by atoms with E-state index in [1.165, 1.54) is 8.66 Å². The van der Waals surface area contributed by atoms with Gasteiger partial charge in [-0.3, -0.25) is 0 Å². The van der Waals surface area contributed by atoms with Crippen LogP contribution in [0.25, 0.3) is 0 Å². The number of rotatable bonds is 3. The first-order valence-electron chi connectivity index (χ1n) is 7.37. The van der Waals surface area contributed by atoms with Crippen molar-refractivity contribution in [2.75, 3.05) is 26.9 Å². The molecule has 112 valence electrons. The van der Waals surface area contributed by atoms with Crippen molar-refractivity contribution in [2.24, 2.45) is 5.92 Å². The normalized spacial score (nSPS) is 27.6. The van der Waals surface area contributed by atoms with Crippen molar-refractivity contribution < 1.29 is 9.47 Å². The minimum Gasteiger partial charge on any atom is -0.381 e. The zero-order chi connectivity index (χ0) is 14.0. The Morgan fingerprint density at radius 2 is 2.15 bits per heavy atom. The summed E-state index contributed by atoms with van der Waals surface area (Å²) >= 11 is 5.41. The predicted octanol–water partition coefficient (Wildman–Crippen LogP) is 3.75. The van der Waals surface area contributed by atoms with Crippen LogP contribution in [0.15, 0.2) is 15.9 Å². The first-order valence-corrected chi connectivity index (χ1v) is 8.98. The van der Waals surface area contributed by atoms with Gasteiger partial charge in [0.05, 0.1) is 9.39 Å². The van der Waals surface area contributed by atoms with E-state index in [9.17, 15) is 0 Å². The maximum atomic E-state index is 6.16. The predicted molar refractivity (Wildman–Crippen MR) is 85.3 cm³/mol. The van der Waals surface area contributed by atoms with E-state index in [2.05, 4.69) is 40.4 Å². The summed E-state index contributed by atoms with van der Waals surface area (Å²) in [6.45, 7) is 2.58. The van der Waals surface area contributed by atoms with Crippen molar-refractivity contribution in [1.29, 1.82) is 0 Å². The maximum absolute atomic E-state index is 6.16. The quantitative estimate of drug-likeness (QED) is 0.891. The maximum Gasteiger partial charge on any atom is 0.0729 e. The molecule has 2 saturated heterocycles. The molecular weight excluding hydrogens is 338 g/mol. The Hall–Kier alpha value is 0.0600. The van der Waals surface area contributed by atoms with Gasteiger partial charge in [-0.2, -0.15) is 0 Å². The largest absolute Gasteiger partial charge is 0.381 e. The van der Waals surface area contributed by atoms with Crippen molar-refractivity contribution in [3.63, 3.8) is 0 Å². The Morgan fingerprint density at radius 3 is 2.80 bits per heavy atom. The van der Waals surface area contributed by atoms with Crippen molar-refractivity contribution >= 4 is 27.3 Å². The summed E-state index contributed by atoms with van der Waals surface area (Å²) in [6.07, 6.45) is 4.39. The SMILES string of the molecule is CNC(c1ccc(Br)s1)C1CCOC2(CCOCC2)C1. The number of hydrogen-bond donors (Lipinski definition) is 1. The summed E-state index contributed by atoms with van der Waals surface area (Å²) in [7, 11) is 2.07. The van der Waals surface area contributed by atoms with Crippen LogP contribution < -0.4 is 5.32 Å². The monoisotopic (exact) mass is 359 g/mol. The van der Waals surface area contributed by atoms with Crippen LogP contribution in [0.5, 0.6) is 0 Å². The van der Waals surface area contributed by atoms with Crippen LogP contribution in [0, 0.1) is 5.92 Å². The Morgan fingerprint density at radius 1 is 1.35 bits per heavy atom. The summed E-state index contributed by atoms with van der Waals surface area (Å²) in [5.74, 6) is 0.650. The molecule has 1 N–H and O–H groups in total. The highest BCUT2D eigenvalue weighted by atomic mass is 79.9. The van der Waals surface area contributed by atoms with E-state index in [4.69, 9.17) is 9.47 Å². The molecular formula is C15H22BrNO2S. The molecule has 20 heavy (non-hydrogen) atoms. The first-order chi connectivity index (χ1) is 9.72. The zero-order valence-electron chi connectivity index (χ0n) is 11.9. The second kappa shape index (κ2) is 6.44. The average molecular weight is 360 g/mol. The standard InChI is InChI=1S/C15H22BrNO2S/c1-17-14(12-2-3-13(16)20-12)11-4-7-19-15(10-11)5-8-18-9-6-15/h2-3,11,14,17H,4-10H2,1H3. The molecule has 2 fully saturated rings. The molecule has 1 spiro atoms. The molecule has 5 heteroatoms. The van der Waals surface area contributed by atoms with Crippen LogP contribution in [-0.2, 0) is 9.47 Å². The van der Waals surface area contributed by atoms with E-state index >= 15 is 0 Å². The first kappa shape index (κ1) is 15.0. The molecule has 0 saturated carbocycles. The van der Waals surface area contributed by atoms with Gasteiger partial charge >= 0.3 is 0 Å². The Bertz CT molecular complexity index is 439. The lowest BCUT2D eigenvalue weighted by Gasteiger charge is -2.45. The van der Waals surface area contributed by atoms with Crippen molar-refractivity contribution in [3.8, 4) is 0 Å². The van der Waals surface area contributed by atoms with E-state index in [1.807, 2.05) is 11.3 Å². The summed E-state index contributed by atoms with van der Waals surface area (Å²) in [6, 6.07) is 4.82. The summed E-state index contributed by atoms with van der Waals surface area (Å²) in [4.78, 5) is 1.42. The summed E-state index contributed by atoms with van der Waals surface area (Å²) in [5, 5.41) is 3.53. The number of hydrogen-bond acceptors (Lipinski definition) is 4. The molecule has 2 aliphatic rings. The smallest absolute Gasteiger partial charge is 0.0729 e. The van der Waals surface area contributed by atoms with Gasteiger partial charge in [0, 0.05) is 30.7 Å². The summed E-state index contributed by atoms with van der Waals surface area (Å²) in [5.41, 5.74) is 0.0742. The van der Waals surface area contributed by atoms with Gasteiger partial charge in [-0.1, -0.05) is 0 Å². The molecule has 0 aliphatic carbocycles. The van der Waals surface area contributed by atoms with Gasteiger partial charge in [-0.15, -0.1) is 11.3 Å². The van der Waals surface area contributed by atoms with Crippen LogP contribution in [0.2, 0.25) is 0 Å². The zero-order valence-corrected chi connectivity index (χ0v) is 14.3. The average Bonchev–Trinajstić information content (AvgIpc) is 2.87. The van der Waals surface area contributed by atoms with Crippen LogP contribution in [0.4, 0.5) is 0 Å². The highest BCUT2D eigenvalue weighted by Crippen LogP contribution is 2.43. The van der Waals surface area contributed by atoms with Crippen LogP contribution >= 0.6 is 27.3 Å². The number of halogens is 1. The van der Waals surface area contributed by atoms with E-state index in [0.717, 1.165) is 45.5 Å². The van der Waals surface area contributed by atoms with Crippen LogP contribution in [0.3, 0.4) is 0 Å². The van der Waals surface area contributed by atoms with Gasteiger partial charge in [0.2, 0.25) is 0 Å². The Kier molecular flexibility index (Phi) is 4.82. The van der Waals surface area contributed by atoms with Crippen molar-refractivity contribution in [3.05, 3.63) is 20.8 Å². The fourth-order valence-electron chi connectivity index (χ4n) is 3.55. The summed E-state index contributed by atoms with van der Waals surface area (Å²) < 4.78 is 12.9. The number of nitrogens with one attached hydrogen (secondary N) is 1. The Labute approximate surface area is 133 Å². The van der Waals surface area contributed by atoms with Gasteiger partial charge < -0.3 is 14.8 Å². The second-order valence-electron chi connectivity index (χ2n) is 5.80. The van der Waals surface area contributed by atoms with Crippen molar-refractivity contribution in [2.45, 2.75) is 37.3 Å². The van der Waals surface area contributed by atoms with E-state index in [-0.39, 0.29) is 5.60 Å². The second-order valence-corrected chi connectivity index (χ2v) is 8.30. The molecule has 2 aliphatic heterocycles. The third-order valence-corrected chi connectivity index (χ3v) is 6.32. The van der Waals surface area contributed by atoms with E-state index < -0.39 is 0 Å². The van der Waals surface area contributed by atoms with E-state index in [1.54, 1.807) is 0 Å². The molecule has 2 atom stereocenters. The van der Waals surface area contributed by atoms with Gasteiger partial charge in [0.25, 0.3) is 0 Å². The van der Waals surface area contributed by atoms with Gasteiger partial charge in [0.15, 0.2) is 0 Å². The van der Waals surface area contributed by atoms with Gasteiger partial charge in [-0.05, 0) is 66.7 Å². The molecule has 3 heterocycles. The molecule has 1 aromatic heterocycles. The third-order valence-electron chi connectivity index (χ3n) is 4.62. The lowest BCUT2D eigenvalue weighted by atomic mass is 9.77. The number of thiophene rings is 1. The molecule has 0 bridgehead atoms. The molecule has 3 nitrogen and oxygen atoms in total. The van der Waals surface area contributed by atoms with Crippen LogP contribution in [0.1, 0.15) is 36.6 Å².